The van der Waals surface area contributed by atoms with Crippen LogP contribution in [0.1, 0.15) is 54.7 Å². The highest BCUT2D eigenvalue weighted by molar-refractivity contribution is 8.01. The highest BCUT2D eigenvalue weighted by Gasteiger charge is 2.54. The van der Waals surface area contributed by atoms with Gasteiger partial charge in [0.25, 0.3) is 11.8 Å². The first-order chi connectivity index (χ1) is 20.7. The fourth-order valence-electron chi connectivity index (χ4n) is 4.27. The number of esters is 2. The molecule has 4 rings (SSSR count). The number of Topliss-reactive ketones (excluding diaryl/α,β-unsaturated/α-hetero) is 1. The molecule has 0 saturated carbocycles. The number of carbonyl (C=O) groups excluding carboxylic acids is 5. The van der Waals surface area contributed by atoms with E-state index in [1.165, 1.54) is 58.8 Å². The number of aromatic nitrogens is 2. The van der Waals surface area contributed by atoms with Crippen molar-refractivity contribution in [2.45, 2.75) is 62.5 Å². The maximum atomic E-state index is 13.4. The first-order valence-corrected chi connectivity index (χ1v) is 16.4. The summed E-state index contributed by atoms with van der Waals surface area (Å²) in [7, 11) is 0. The van der Waals surface area contributed by atoms with Gasteiger partial charge in [0.05, 0.1) is 11.5 Å². The molecule has 236 valence electrons. The number of ether oxygens (including phenoxy) is 2. The molecule has 0 bridgehead atoms. The molecule has 1 aromatic heterocycles. The number of aliphatic hydroxyl groups excluding tert-OH is 1. The molecule has 44 heavy (non-hydrogen) atoms. The van der Waals surface area contributed by atoms with Gasteiger partial charge >= 0.3 is 11.9 Å². The van der Waals surface area contributed by atoms with Gasteiger partial charge < -0.3 is 25.6 Å². The molecule has 2 aromatic rings. The van der Waals surface area contributed by atoms with E-state index in [0.717, 1.165) is 5.01 Å². The second kappa shape index (κ2) is 13.8. The van der Waals surface area contributed by atoms with E-state index in [9.17, 15) is 29.1 Å². The number of benzene rings is 1. The minimum absolute atomic E-state index is 0.00165. The lowest BCUT2D eigenvalue weighted by molar-refractivity contribution is -0.173. The Kier molecular flexibility index (Phi) is 10.5. The molecule has 1 fully saturated rings. The number of aliphatic hydroxyl groups is 1. The van der Waals surface area contributed by atoms with Crippen LogP contribution in [0.5, 0.6) is 0 Å². The number of carbonyl (C=O) groups is 5. The molecule has 0 radical (unpaired) electrons. The van der Waals surface area contributed by atoms with Gasteiger partial charge in [0.15, 0.2) is 16.2 Å². The van der Waals surface area contributed by atoms with Crippen LogP contribution in [0.25, 0.3) is 0 Å². The number of fused-ring (bicyclic) bond motifs is 1. The summed E-state index contributed by atoms with van der Waals surface area (Å²) in [6.45, 7) is 7.66. The van der Waals surface area contributed by atoms with E-state index in [1.807, 2.05) is 6.92 Å². The summed E-state index contributed by atoms with van der Waals surface area (Å²) >= 11 is 4.07. The average molecular weight is 664 g/mol. The van der Waals surface area contributed by atoms with Crippen molar-refractivity contribution in [3.05, 3.63) is 51.7 Å². The molecular formula is C28H33N5O8S3. The lowest BCUT2D eigenvalue weighted by Crippen LogP contribution is -2.71. The maximum absolute atomic E-state index is 13.4. The Balaban J connectivity index is 1.51. The molecule has 3 heterocycles. The van der Waals surface area contributed by atoms with Gasteiger partial charge in [-0.2, -0.15) is 0 Å². The van der Waals surface area contributed by atoms with Gasteiger partial charge in [0, 0.05) is 22.6 Å². The summed E-state index contributed by atoms with van der Waals surface area (Å²) in [4.78, 5) is 65.7. The van der Waals surface area contributed by atoms with Gasteiger partial charge in [-0.1, -0.05) is 47.4 Å². The second-order valence-electron chi connectivity index (χ2n) is 11.1. The standard InChI is InChI=1S/C28H33N5O8S3/c1-13(29)20(34)16-8-6-7-9-17(16)21(35)22(36)30-18-23(37)33-19(25(38)40-12-41-26(39)28(3,4)5)15(10-42-24(18)33)11-43-27-32-31-14(2)44-27/h6-9,13,18,21,24,35H,10-12,29H2,1-5H3,(H,30,36)/t13-,18?,21?,24-/m0/s1. The zero-order valence-electron chi connectivity index (χ0n) is 24.7. The third-order valence-electron chi connectivity index (χ3n) is 6.59. The number of amides is 2. The predicted octanol–water partition coefficient (Wildman–Crippen LogP) is 1.95. The lowest BCUT2D eigenvalue weighted by Gasteiger charge is -2.49. The number of β-lactam (4-membered cyclic amide) rings is 1. The van der Waals surface area contributed by atoms with Crippen molar-refractivity contribution in [2.24, 2.45) is 11.1 Å². The Morgan fingerprint density at radius 2 is 1.91 bits per heavy atom. The van der Waals surface area contributed by atoms with E-state index >= 15 is 0 Å². The van der Waals surface area contributed by atoms with Crippen LogP contribution in [0.3, 0.4) is 0 Å². The number of thioether (sulfide) groups is 2. The van der Waals surface area contributed by atoms with Crippen LogP contribution in [0.4, 0.5) is 0 Å². The fourth-order valence-corrected chi connectivity index (χ4v) is 7.57. The van der Waals surface area contributed by atoms with Crippen molar-refractivity contribution in [1.82, 2.24) is 20.4 Å². The van der Waals surface area contributed by atoms with E-state index in [4.69, 9.17) is 15.2 Å². The number of hydrogen-bond acceptors (Lipinski definition) is 14. The fraction of sp³-hybridized carbons (Fsp3) is 0.464. The Morgan fingerprint density at radius 1 is 1.20 bits per heavy atom. The molecule has 2 aliphatic heterocycles. The van der Waals surface area contributed by atoms with E-state index in [1.54, 1.807) is 32.9 Å². The highest BCUT2D eigenvalue weighted by Crippen LogP contribution is 2.42. The maximum Gasteiger partial charge on any atom is 0.357 e. The Labute approximate surface area is 266 Å². The highest BCUT2D eigenvalue weighted by atomic mass is 32.2. The zero-order chi connectivity index (χ0) is 32.3. The quantitative estimate of drug-likeness (QED) is 0.104. The third-order valence-corrected chi connectivity index (χ3v) is 9.99. The topological polar surface area (TPSA) is 191 Å². The number of nitrogens with one attached hydrogen (secondary N) is 1. The molecule has 0 spiro atoms. The molecule has 4 atom stereocenters. The van der Waals surface area contributed by atoms with Gasteiger partial charge in [0.2, 0.25) is 6.79 Å². The van der Waals surface area contributed by atoms with Crippen molar-refractivity contribution in [1.29, 1.82) is 0 Å². The number of hydrogen-bond donors (Lipinski definition) is 3. The van der Waals surface area contributed by atoms with Crippen LogP contribution >= 0.6 is 34.9 Å². The van der Waals surface area contributed by atoms with Crippen molar-refractivity contribution < 1.29 is 38.6 Å². The first kappa shape index (κ1) is 33.6. The number of ketones is 1. The van der Waals surface area contributed by atoms with Crippen LogP contribution in [0.2, 0.25) is 0 Å². The number of rotatable bonds is 11. The SMILES string of the molecule is Cc1nnc(SCC2=C(C(=O)OCOC(=O)C(C)(C)C)N3C(=O)C(NC(=O)C(O)c4ccccc4C(=O)[C@H](C)N)[C@@H]3SC2)s1. The van der Waals surface area contributed by atoms with Crippen molar-refractivity contribution in [3.8, 4) is 0 Å². The molecular weight excluding hydrogens is 631 g/mol. The Bertz CT molecular complexity index is 1500. The second-order valence-corrected chi connectivity index (χ2v) is 14.6. The molecule has 1 aromatic carbocycles. The van der Waals surface area contributed by atoms with E-state index in [-0.39, 0.29) is 16.8 Å². The molecule has 4 N–H and O–H groups in total. The van der Waals surface area contributed by atoms with Gasteiger partial charge in [-0.05, 0) is 40.2 Å². The van der Waals surface area contributed by atoms with Crippen LogP contribution in [-0.4, -0.2) is 85.5 Å². The zero-order valence-corrected chi connectivity index (χ0v) is 27.1. The van der Waals surface area contributed by atoms with E-state index < -0.39 is 65.3 Å². The van der Waals surface area contributed by atoms with Crippen molar-refractivity contribution in [2.75, 3.05) is 18.3 Å². The molecule has 2 unspecified atom stereocenters. The van der Waals surface area contributed by atoms with E-state index in [2.05, 4.69) is 15.5 Å². The minimum atomic E-state index is -1.75. The van der Waals surface area contributed by atoms with Crippen molar-refractivity contribution in [3.63, 3.8) is 0 Å². The summed E-state index contributed by atoms with van der Waals surface area (Å²) in [5.74, 6) is -2.71. The normalized spacial score (nSPS) is 19.4. The lowest BCUT2D eigenvalue weighted by atomic mass is 9.95. The van der Waals surface area contributed by atoms with Gasteiger partial charge in [-0.3, -0.25) is 24.1 Å². The third kappa shape index (κ3) is 7.31. The predicted molar refractivity (Wildman–Crippen MR) is 163 cm³/mol. The summed E-state index contributed by atoms with van der Waals surface area (Å²) < 4.78 is 11.0. The Hall–Kier alpha value is -3.31. The van der Waals surface area contributed by atoms with Crippen LogP contribution in [0, 0.1) is 12.3 Å². The minimum Gasteiger partial charge on any atom is -0.427 e. The molecule has 2 amide bonds. The van der Waals surface area contributed by atoms with Gasteiger partial charge in [-0.15, -0.1) is 22.0 Å². The van der Waals surface area contributed by atoms with E-state index in [0.29, 0.717) is 21.4 Å². The van der Waals surface area contributed by atoms with Crippen molar-refractivity contribution >= 4 is 64.4 Å². The van der Waals surface area contributed by atoms with Crippen LogP contribution in [0.15, 0.2) is 39.9 Å². The molecule has 0 aliphatic carbocycles. The van der Waals surface area contributed by atoms with Gasteiger partial charge in [0.1, 0.15) is 22.1 Å². The smallest absolute Gasteiger partial charge is 0.357 e. The number of aryl methyl sites for hydroxylation is 1. The molecule has 2 aliphatic rings. The summed E-state index contributed by atoms with van der Waals surface area (Å²) in [5, 5.41) is 21.6. The van der Waals surface area contributed by atoms with Crippen LogP contribution < -0.4 is 11.1 Å². The number of nitrogens with two attached hydrogens (primary N) is 1. The summed E-state index contributed by atoms with van der Waals surface area (Å²) in [5.41, 5.74) is 5.68. The largest absolute Gasteiger partial charge is 0.427 e. The van der Waals surface area contributed by atoms with Gasteiger partial charge in [-0.25, -0.2) is 4.79 Å². The first-order valence-electron chi connectivity index (χ1n) is 13.5. The average Bonchev–Trinajstić information content (AvgIpc) is 3.41. The molecule has 16 heteroatoms. The summed E-state index contributed by atoms with van der Waals surface area (Å²) in [6.07, 6.45) is -1.75. The van der Waals surface area contributed by atoms with Crippen LogP contribution in [-0.2, 0) is 28.7 Å². The summed E-state index contributed by atoms with van der Waals surface area (Å²) in [6, 6.07) is 4.17. The monoisotopic (exact) mass is 663 g/mol. The number of nitrogens with zero attached hydrogens (tertiary/aromatic N) is 3. The molecule has 1 saturated heterocycles. The molecule has 13 nitrogen and oxygen atoms in total. The Morgan fingerprint density at radius 3 is 2.55 bits per heavy atom.